The number of nitrogens with zero attached hydrogens (tertiary/aromatic N) is 3. The number of anilines is 4. The number of unbranched alkanes of at least 4 members (excludes halogenated alkanes) is 10. The summed E-state index contributed by atoms with van der Waals surface area (Å²) in [6.45, 7) is 2.34. The van der Waals surface area contributed by atoms with Gasteiger partial charge in [0, 0.05) is 35.8 Å². The van der Waals surface area contributed by atoms with Gasteiger partial charge in [0.2, 0.25) is 11.8 Å². The molecule has 17 heteroatoms. The first-order chi connectivity index (χ1) is 26.9. The number of amides is 2. The van der Waals surface area contributed by atoms with E-state index in [-0.39, 0.29) is 73.1 Å². The molecule has 0 unspecified atom stereocenters. The third kappa shape index (κ3) is 13.1. The lowest BCUT2D eigenvalue weighted by atomic mass is 10.1. The van der Waals surface area contributed by atoms with Crippen molar-refractivity contribution in [2.75, 3.05) is 22.5 Å². The van der Waals surface area contributed by atoms with Gasteiger partial charge in [-0.2, -0.15) is 0 Å². The second-order valence-corrected chi connectivity index (χ2v) is 14.8. The van der Waals surface area contributed by atoms with E-state index in [4.69, 9.17) is 52.1 Å². The van der Waals surface area contributed by atoms with E-state index in [9.17, 15) is 24.3 Å². The van der Waals surface area contributed by atoms with E-state index in [2.05, 4.69) is 38.2 Å². The van der Waals surface area contributed by atoms with Crippen molar-refractivity contribution in [2.45, 2.75) is 90.4 Å². The number of halogens is 4. The number of aromatic nitrogens is 2. The second-order valence-electron chi connectivity index (χ2n) is 13.2. The van der Waals surface area contributed by atoms with Crippen molar-refractivity contribution in [2.24, 2.45) is 16.0 Å². The zero-order chi connectivity index (χ0) is 40.6. The lowest BCUT2D eigenvalue weighted by molar-refractivity contribution is -0.117. The van der Waals surface area contributed by atoms with Crippen LogP contribution in [-0.2, 0) is 9.59 Å². The average molecular weight is 849 g/mol. The van der Waals surface area contributed by atoms with Gasteiger partial charge in [-0.15, -0.1) is 10.2 Å². The molecule has 2 amide bonds. The fourth-order valence-corrected chi connectivity index (χ4v) is 7.00. The number of H-pyrrole nitrogens is 1. The van der Waals surface area contributed by atoms with E-state index in [1.54, 1.807) is 18.2 Å². The van der Waals surface area contributed by atoms with Crippen molar-refractivity contribution in [3.8, 4) is 5.69 Å². The van der Waals surface area contributed by atoms with Crippen LogP contribution >= 0.6 is 46.4 Å². The fraction of sp³-hybridized carbons (Fsp3) is 0.385. The van der Waals surface area contributed by atoms with Crippen LogP contribution in [0.15, 0.2) is 63.6 Å². The Kier molecular flexibility index (Phi) is 17.7. The van der Waals surface area contributed by atoms with Crippen LogP contribution in [0.4, 0.5) is 34.3 Å². The molecule has 0 bridgehead atoms. The lowest BCUT2D eigenvalue weighted by Crippen LogP contribution is -2.16. The fourth-order valence-electron chi connectivity index (χ4n) is 5.85. The Morgan fingerprint density at radius 3 is 1.93 bits per heavy atom. The van der Waals surface area contributed by atoms with Gasteiger partial charge in [0.15, 0.2) is 11.5 Å². The molecule has 300 valence electrons. The summed E-state index contributed by atoms with van der Waals surface area (Å²) in [6.07, 6.45) is 13.4. The smallest absolute Gasteiger partial charge is 0.338 e. The summed E-state index contributed by atoms with van der Waals surface area (Å²) in [6, 6.07) is 11.6. The Morgan fingerprint density at radius 1 is 0.750 bits per heavy atom. The quantitative estimate of drug-likeness (QED) is 0.0334. The Hall–Kier alpha value is -4.40. The van der Waals surface area contributed by atoms with Crippen LogP contribution in [-0.4, -0.2) is 39.2 Å². The van der Waals surface area contributed by atoms with Crippen molar-refractivity contribution in [3.63, 3.8) is 0 Å². The molecule has 0 aliphatic heterocycles. The number of nitrogens with one attached hydrogen (secondary N) is 4. The molecule has 0 aliphatic rings. The molecule has 0 saturated heterocycles. The first-order valence-corrected chi connectivity index (χ1v) is 20.1. The maximum Gasteiger partial charge on any atom is 0.338 e. The lowest BCUT2D eigenvalue weighted by Gasteiger charge is -2.11. The predicted octanol–water partition coefficient (Wildman–Crippen LogP) is 11.6. The number of nitrogens with two attached hydrogens (primary N) is 1. The summed E-state index contributed by atoms with van der Waals surface area (Å²) in [7, 11) is 0. The summed E-state index contributed by atoms with van der Waals surface area (Å²) in [5.41, 5.74) is 4.98. The molecule has 13 nitrogen and oxygen atoms in total. The highest BCUT2D eigenvalue weighted by molar-refractivity contribution is 6.40. The number of carbonyl (C=O) groups excluding carboxylic acids is 2. The Morgan fingerprint density at radius 2 is 1.32 bits per heavy atom. The Labute approximate surface area is 345 Å². The van der Waals surface area contributed by atoms with Gasteiger partial charge >= 0.3 is 11.5 Å². The topological polar surface area (TPSA) is 196 Å². The van der Waals surface area contributed by atoms with Crippen LogP contribution in [0.1, 0.15) is 101 Å². The van der Waals surface area contributed by atoms with Gasteiger partial charge in [-0.1, -0.05) is 118 Å². The molecule has 0 atom stereocenters. The third-order valence-corrected chi connectivity index (χ3v) is 9.85. The summed E-state index contributed by atoms with van der Waals surface area (Å²) >= 11 is 25.6. The second kappa shape index (κ2) is 22.4. The number of benzene rings is 3. The SMILES string of the molecule is CCCCCCCCCCCCCC(=O)Nc1ccc(Cl)c(Nc2[nH]n(-c3c(Cl)cc(Cl)cc3Cl)c(=O)c2N=Nc2ccc(NC(=O)CCN)cc2C(=O)O)c1. The van der Waals surface area contributed by atoms with Crippen molar-refractivity contribution >= 4 is 98.4 Å². The summed E-state index contributed by atoms with van der Waals surface area (Å²) in [5.74, 6) is -1.91. The van der Waals surface area contributed by atoms with E-state index in [0.29, 0.717) is 17.8 Å². The third-order valence-electron chi connectivity index (χ3n) is 8.73. The molecule has 4 aromatic rings. The standard InChI is InChI=1S/C39H46Cl4N8O5/c1-2-3-4-5-6-7-8-9-10-11-12-13-33(52)46-26-14-16-28(41)32(23-26)47-37-35(38(54)51(50-37)36-29(42)20-24(40)21-30(36)43)49-48-31-17-15-25(22-27(31)39(55)56)45-34(53)18-19-44/h14-17,20-23,47,50H,2-13,18-19,44H2,1H3,(H,45,53)(H,46,52)(H,55,56). The van der Waals surface area contributed by atoms with Gasteiger partial charge in [0.05, 0.1) is 26.3 Å². The van der Waals surface area contributed by atoms with Gasteiger partial charge in [-0.05, 0) is 55.0 Å². The predicted molar refractivity (Wildman–Crippen MR) is 226 cm³/mol. The van der Waals surface area contributed by atoms with E-state index >= 15 is 0 Å². The molecule has 0 saturated carbocycles. The van der Waals surface area contributed by atoms with Gasteiger partial charge in [0.25, 0.3) is 0 Å². The molecule has 56 heavy (non-hydrogen) atoms. The van der Waals surface area contributed by atoms with Crippen LogP contribution in [0.3, 0.4) is 0 Å². The molecule has 7 N–H and O–H groups in total. The van der Waals surface area contributed by atoms with Gasteiger partial charge in [-0.25, -0.2) is 9.48 Å². The molecule has 0 radical (unpaired) electrons. The molecule has 0 fully saturated rings. The minimum absolute atomic E-state index is 0.0188. The van der Waals surface area contributed by atoms with Crippen molar-refractivity contribution < 1.29 is 19.5 Å². The first-order valence-electron chi connectivity index (χ1n) is 18.6. The average Bonchev–Trinajstić information content (AvgIpc) is 3.44. The van der Waals surface area contributed by atoms with Crippen molar-refractivity contribution in [1.29, 1.82) is 0 Å². The number of azo groups is 1. The summed E-state index contributed by atoms with van der Waals surface area (Å²) in [5, 5.41) is 30.1. The maximum absolute atomic E-state index is 13.9. The van der Waals surface area contributed by atoms with Crippen LogP contribution in [0.25, 0.3) is 5.69 Å². The number of rotatable bonds is 22. The van der Waals surface area contributed by atoms with Gasteiger partial charge in [0.1, 0.15) is 11.4 Å². The number of carbonyl (C=O) groups is 3. The molecule has 4 rings (SSSR count). The van der Waals surface area contributed by atoms with Crippen LogP contribution in [0.5, 0.6) is 0 Å². The van der Waals surface area contributed by atoms with Gasteiger partial charge in [-0.3, -0.25) is 19.5 Å². The van der Waals surface area contributed by atoms with Gasteiger partial charge < -0.3 is 26.8 Å². The molecule has 3 aromatic carbocycles. The highest BCUT2D eigenvalue weighted by Crippen LogP contribution is 2.36. The normalized spacial score (nSPS) is 11.2. The van der Waals surface area contributed by atoms with Crippen LogP contribution < -0.4 is 27.2 Å². The highest BCUT2D eigenvalue weighted by atomic mass is 35.5. The Balaban J connectivity index is 1.54. The number of hydrogen-bond donors (Lipinski definition) is 6. The maximum atomic E-state index is 13.9. The molecule has 1 aromatic heterocycles. The highest BCUT2D eigenvalue weighted by Gasteiger charge is 2.22. The first kappa shape index (κ1) is 44.3. The summed E-state index contributed by atoms with van der Waals surface area (Å²) in [4.78, 5) is 50.9. The number of carboxylic acid groups (broad SMARTS) is 1. The van der Waals surface area contributed by atoms with Crippen molar-refractivity contribution in [1.82, 2.24) is 9.78 Å². The van der Waals surface area contributed by atoms with Crippen LogP contribution in [0, 0.1) is 0 Å². The molecule has 0 aliphatic carbocycles. The largest absolute Gasteiger partial charge is 0.478 e. The summed E-state index contributed by atoms with van der Waals surface area (Å²) < 4.78 is 1.03. The molecule has 1 heterocycles. The molecule has 0 spiro atoms. The zero-order valence-corrected chi connectivity index (χ0v) is 34.1. The van der Waals surface area contributed by atoms with E-state index in [1.165, 1.54) is 81.7 Å². The van der Waals surface area contributed by atoms with E-state index in [0.717, 1.165) is 23.9 Å². The molecular formula is C39H46Cl4N8O5. The number of carboxylic acids is 1. The monoisotopic (exact) mass is 846 g/mol. The molecular weight excluding hydrogens is 802 g/mol. The number of hydrogen-bond acceptors (Lipinski definition) is 8. The zero-order valence-electron chi connectivity index (χ0n) is 31.0. The Bertz CT molecular complexity index is 2060. The van der Waals surface area contributed by atoms with Crippen LogP contribution in [0.2, 0.25) is 20.1 Å². The minimum atomic E-state index is -1.35. The minimum Gasteiger partial charge on any atom is -0.478 e. The van der Waals surface area contributed by atoms with E-state index in [1.807, 2.05) is 0 Å². The number of aromatic amines is 1. The number of aromatic carboxylic acids is 1. The van der Waals surface area contributed by atoms with E-state index < -0.39 is 17.4 Å². The van der Waals surface area contributed by atoms with Crippen molar-refractivity contribution in [3.05, 3.63) is 84.5 Å².